The number of anilines is 1. The number of rotatable bonds is 10. The minimum Gasteiger partial charge on any atom is -0.354 e. The van der Waals surface area contributed by atoms with E-state index >= 15 is 0 Å². The number of nitrogens with zero attached hydrogens (tertiary/aromatic N) is 2. The topological polar surface area (TPSA) is 86.8 Å². The van der Waals surface area contributed by atoms with E-state index in [4.69, 9.17) is 0 Å². The Balaban J connectivity index is 2.38. The Bertz CT molecular complexity index is 1090. The number of sulfonamides is 1. The average molecular weight is 542 g/mol. The standard InChI is InChI=1S/C23H29BrFN3O4S/c1-5-12-26-23(30)17(3)27(14-18-6-8-19(25)9-7-18)22(29)15-28(33(4,31)32)20-10-11-21(24)16(2)13-20/h6-11,13,17H,5,12,14-15H2,1-4H3,(H,26,30)/t17-/m1/s1. The number of halogens is 2. The van der Waals surface area contributed by atoms with E-state index < -0.39 is 34.3 Å². The number of carbonyl (C=O) groups is 2. The van der Waals surface area contributed by atoms with Gasteiger partial charge in [0, 0.05) is 17.6 Å². The van der Waals surface area contributed by atoms with Crippen LogP contribution in [-0.2, 0) is 26.2 Å². The second-order valence-electron chi connectivity index (χ2n) is 7.82. The van der Waals surface area contributed by atoms with E-state index in [9.17, 15) is 22.4 Å². The lowest BCUT2D eigenvalue weighted by molar-refractivity contribution is -0.139. The Morgan fingerprint density at radius 1 is 1.15 bits per heavy atom. The smallest absolute Gasteiger partial charge is 0.244 e. The molecule has 7 nitrogen and oxygen atoms in total. The molecule has 0 bridgehead atoms. The summed E-state index contributed by atoms with van der Waals surface area (Å²) in [5.74, 6) is -1.32. The van der Waals surface area contributed by atoms with Crippen LogP contribution in [-0.4, -0.2) is 50.5 Å². The van der Waals surface area contributed by atoms with Crippen LogP contribution in [0.5, 0.6) is 0 Å². The van der Waals surface area contributed by atoms with Crippen LogP contribution in [0.3, 0.4) is 0 Å². The van der Waals surface area contributed by atoms with Gasteiger partial charge in [-0.25, -0.2) is 12.8 Å². The largest absolute Gasteiger partial charge is 0.354 e. The Kier molecular flexibility index (Phi) is 9.42. The summed E-state index contributed by atoms with van der Waals surface area (Å²) < 4.78 is 40.3. The summed E-state index contributed by atoms with van der Waals surface area (Å²) in [6.45, 7) is 5.31. The van der Waals surface area contributed by atoms with Crippen molar-refractivity contribution in [1.29, 1.82) is 0 Å². The van der Waals surface area contributed by atoms with Crippen LogP contribution in [0, 0.1) is 12.7 Å². The Morgan fingerprint density at radius 2 is 1.79 bits per heavy atom. The van der Waals surface area contributed by atoms with E-state index in [1.165, 1.54) is 29.2 Å². The van der Waals surface area contributed by atoms with E-state index in [1.54, 1.807) is 25.1 Å². The molecule has 0 heterocycles. The fourth-order valence-corrected chi connectivity index (χ4v) is 4.25. The molecule has 180 valence electrons. The second-order valence-corrected chi connectivity index (χ2v) is 10.6. The monoisotopic (exact) mass is 541 g/mol. The van der Waals surface area contributed by atoms with Gasteiger partial charge in [-0.15, -0.1) is 0 Å². The van der Waals surface area contributed by atoms with Gasteiger partial charge in [0.15, 0.2) is 0 Å². The zero-order valence-corrected chi connectivity index (χ0v) is 21.5. The molecule has 0 aliphatic heterocycles. The molecule has 10 heteroatoms. The molecule has 0 saturated heterocycles. The zero-order chi connectivity index (χ0) is 24.8. The van der Waals surface area contributed by atoms with Crippen LogP contribution in [0.4, 0.5) is 10.1 Å². The summed E-state index contributed by atoms with van der Waals surface area (Å²) >= 11 is 3.39. The molecule has 33 heavy (non-hydrogen) atoms. The average Bonchev–Trinajstić information content (AvgIpc) is 2.76. The highest BCUT2D eigenvalue weighted by atomic mass is 79.9. The zero-order valence-electron chi connectivity index (χ0n) is 19.1. The number of hydrogen-bond acceptors (Lipinski definition) is 4. The number of hydrogen-bond donors (Lipinski definition) is 1. The third-order valence-electron chi connectivity index (χ3n) is 5.09. The highest BCUT2D eigenvalue weighted by Gasteiger charge is 2.30. The van der Waals surface area contributed by atoms with Crippen LogP contribution in [0.25, 0.3) is 0 Å². The number of amides is 2. The first-order chi connectivity index (χ1) is 15.4. The van der Waals surface area contributed by atoms with E-state index in [0.717, 1.165) is 27.0 Å². The summed E-state index contributed by atoms with van der Waals surface area (Å²) in [5, 5.41) is 2.76. The number of aryl methyl sites for hydroxylation is 1. The molecule has 2 aromatic rings. The lowest BCUT2D eigenvalue weighted by Crippen LogP contribution is -2.51. The maximum absolute atomic E-state index is 13.4. The molecule has 0 aliphatic rings. The molecule has 2 amide bonds. The lowest BCUT2D eigenvalue weighted by Gasteiger charge is -2.31. The molecule has 2 rings (SSSR count). The van der Waals surface area contributed by atoms with Gasteiger partial charge in [0.05, 0.1) is 11.9 Å². The van der Waals surface area contributed by atoms with Crippen LogP contribution in [0.1, 0.15) is 31.4 Å². The number of nitrogens with one attached hydrogen (secondary N) is 1. The molecule has 0 radical (unpaired) electrons. The van der Waals surface area contributed by atoms with Crippen molar-refractivity contribution >= 4 is 43.5 Å². The SMILES string of the molecule is CCCNC(=O)[C@@H](C)N(Cc1ccc(F)cc1)C(=O)CN(c1ccc(Br)c(C)c1)S(C)(=O)=O. The van der Waals surface area contributed by atoms with Crippen molar-refractivity contribution in [2.24, 2.45) is 0 Å². The third kappa shape index (κ3) is 7.53. The molecule has 1 N–H and O–H groups in total. The Labute approximate surface area is 203 Å². The Morgan fingerprint density at radius 3 is 2.33 bits per heavy atom. The third-order valence-corrected chi connectivity index (χ3v) is 7.12. The van der Waals surface area contributed by atoms with Crippen molar-refractivity contribution in [3.63, 3.8) is 0 Å². The van der Waals surface area contributed by atoms with Crippen molar-refractivity contribution in [1.82, 2.24) is 10.2 Å². The second kappa shape index (κ2) is 11.6. The summed E-state index contributed by atoms with van der Waals surface area (Å²) in [4.78, 5) is 27.3. The van der Waals surface area contributed by atoms with Crippen molar-refractivity contribution < 1.29 is 22.4 Å². The quantitative estimate of drug-likeness (QED) is 0.497. The fraction of sp³-hybridized carbons (Fsp3) is 0.391. The summed E-state index contributed by atoms with van der Waals surface area (Å²) in [7, 11) is -3.79. The number of benzene rings is 2. The van der Waals surface area contributed by atoms with E-state index in [-0.39, 0.29) is 12.5 Å². The summed E-state index contributed by atoms with van der Waals surface area (Å²) in [6, 6.07) is 9.72. The molecule has 0 aromatic heterocycles. The van der Waals surface area contributed by atoms with Gasteiger partial charge in [-0.3, -0.25) is 13.9 Å². The molecule has 0 aliphatic carbocycles. The van der Waals surface area contributed by atoms with Gasteiger partial charge in [0.1, 0.15) is 18.4 Å². The molecule has 0 spiro atoms. The van der Waals surface area contributed by atoms with Gasteiger partial charge in [-0.05, 0) is 61.7 Å². The van der Waals surface area contributed by atoms with Gasteiger partial charge in [0.2, 0.25) is 21.8 Å². The normalized spacial score (nSPS) is 12.2. The van der Waals surface area contributed by atoms with Crippen molar-refractivity contribution in [3.8, 4) is 0 Å². The minimum absolute atomic E-state index is 0.0246. The van der Waals surface area contributed by atoms with Gasteiger partial charge < -0.3 is 10.2 Å². The van der Waals surface area contributed by atoms with Gasteiger partial charge >= 0.3 is 0 Å². The first-order valence-electron chi connectivity index (χ1n) is 10.5. The molecular weight excluding hydrogens is 513 g/mol. The molecule has 0 unspecified atom stereocenters. The number of carbonyl (C=O) groups excluding carboxylic acids is 2. The van der Waals surface area contributed by atoms with Gasteiger partial charge in [0.25, 0.3) is 0 Å². The molecule has 0 saturated carbocycles. The summed E-state index contributed by atoms with van der Waals surface area (Å²) in [5.41, 5.74) is 1.77. The predicted molar refractivity (Wildman–Crippen MR) is 131 cm³/mol. The van der Waals surface area contributed by atoms with E-state index in [1.807, 2.05) is 13.8 Å². The van der Waals surface area contributed by atoms with Crippen LogP contribution < -0.4 is 9.62 Å². The Hall–Kier alpha value is -2.46. The van der Waals surface area contributed by atoms with Crippen LogP contribution in [0.2, 0.25) is 0 Å². The maximum atomic E-state index is 13.4. The van der Waals surface area contributed by atoms with Crippen molar-refractivity contribution in [2.75, 3.05) is 23.7 Å². The minimum atomic E-state index is -3.79. The molecule has 0 fully saturated rings. The van der Waals surface area contributed by atoms with Gasteiger partial charge in [-0.1, -0.05) is 35.0 Å². The van der Waals surface area contributed by atoms with Crippen LogP contribution >= 0.6 is 15.9 Å². The van der Waals surface area contributed by atoms with Gasteiger partial charge in [-0.2, -0.15) is 0 Å². The van der Waals surface area contributed by atoms with Crippen molar-refractivity contribution in [3.05, 3.63) is 63.9 Å². The highest BCUT2D eigenvalue weighted by molar-refractivity contribution is 9.10. The van der Waals surface area contributed by atoms with E-state index in [0.29, 0.717) is 17.8 Å². The molecular formula is C23H29BrFN3O4S. The molecule has 2 aromatic carbocycles. The predicted octanol–water partition coefficient (Wildman–Crippen LogP) is 3.61. The van der Waals surface area contributed by atoms with E-state index in [2.05, 4.69) is 21.2 Å². The molecule has 1 atom stereocenters. The highest BCUT2D eigenvalue weighted by Crippen LogP contribution is 2.25. The van der Waals surface area contributed by atoms with Crippen molar-refractivity contribution in [2.45, 2.75) is 39.8 Å². The summed E-state index contributed by atoms with van der Waals surface area (Å²) in [6.07, 6.45) is 1.76. The van der Waals surface area contributed by atoms with Crippen LogP contribution in [0.15, 0.2) is 46.9 Å². The first kappa shape index (κ1) is 26.8. The maximum Gasteiger partial charge on any atom is 0.244 e. The lowest BCUT2D eigenvalue weighted by atomic mass is 10.1. The fourth-order valence-electron chi connectivity index (χ4n) is 3.16. The first-order valence-corrected chi connectivity index (χ1v) is 13.1.